The van der Waals surface area contributed by atoms with Crippen molar-refractivity contribution in [2.75, 3.05) is 27.4 Å². The zero-order valence-electron chi connectivity index (χ0n) is 21.5. The maximum Gasteiger partial charge on any atom is 0.336 e. The van der Waals surface area contributed by atoms with Gasteiger partial charge in [0, 0.05) is 29.0 Å². The summed E-state index contributed by atoms with van der Waals surface area (Å²) in [6, 6.07) is 13.4. The summed E-state index contributed by atoms with van der Waals surface area (Å²) in [5.41, 5.74) is 4.34. The molecule has 2 aromatic carbocycles. The summed E-state index contributed by atoms with van der Waals surface area (Å²) in [6.07, 6.45) is 0.940. The van der Waals surface area contributed by atoms with E-state index in [1.54, 1.807) is 21.1 Å². The predicted octanol–water partition coefficient (Wildman–Crippen LogP) is 5.03. The van der Waals surface area contributed by atoms with Gasteiger partial charge in [-0.3, -0.25) is 4.79 Å². The molecule has 7 nitrogen and oxygen atoms in total. The van der Waals surface area contributed by atoms with Crippen molar-refractivity contribution in [2.45, 2.75) is 45.4 Å². The smallest absolute Gasteiger partial charge is 0.336 e. The fraction of sp³-hybridized carbons (Fsp3) is 0.379. The molecule has 0 spiro atoms. The molecule has 190 valence electrons. The summed E-state index contributed by atoms with van der Waals surface area (Å²) < 4.78 is 22.2. The van der Waals surface area contributed by atoms with Crippen LogP contribution in [0.15, 0.2) is 65.0 Å². The van der Waals surface area contributed by atoms with Crippen LogP contribution in [0, 0.1) is 0 Å². The van der Waals surface area contributed by atoms with Crippen LogP contribution in [0.1, 0.15) is 56.6 Å². The largest absolute Gasteiger partial charge is 0.494 e. The highest BCUT2D eigenvalue weighted by molar-refractivity contribution is 6.04. The second-order valence-corrected chi connectivity index (χ2v) is 8.82. The van der Waals surface area contributed by atoms with E-state index in [2.05, 4.69) is 5.32 Å². The molecule has 0 unspecified atom stereocenters. The molecule has 1 aliphatic heterocycles. The molecule has 0 saturated carbocycles. The average Bonchev–Trinajstić information content (AvgIpc) is 2.88. The van der Waals surface area contributed by atoms with Crippen LogP contribution in [0.4, 0.5) is 0 Å². The molecule has 0 radical (unpaired) electrons. The Morgan fingerprint density at radius 2 is 1.72 bits per heavy atom. The Kier molecular flexibility index (Phi) is 7.67. The standard InChI is InChI=1S/C29H33NO6/c1-6-35-23-11-9-8-10-20(23)27-26(29(32)36-7-2)17(3)30-21-14-19(15-22(31)28(21)27)18-12-13-24(33-4)25(16-18)34-5/h8-13,16,19,27,30H,6-7,14-15H2,1-5H3/t19-,27-/m1/s1. The fourth-order valence-electron chi connectivity index (χ4n) is 5.18. The molecular weight excluding hydrogens is 458 g/mol. The quantitative estimate of drug-likeness (QED) is 0.519. The van der Waals surface area contributed by atoms with E-state index in [4.69, 9.17) is 18.9 Å². The highest BCUT2D eigenvalue weighted by atomic mass is 16.5. The minimum atomic E-state index is -0.568. The molecule has 1 N–H and O–H groups in total. The number of allylic oxidation sites excluding steroid dienone is 3. The summed E-state index contributed by atoms with van der Waals surface area (Å²) in [6.45, 7) is 6.27. The number of hydrogen-bond acceptors (Lipinski definition) is 7. The van der Waals surface area contributed by atoms with E-state index in [-0.39, 0.29) is 18.3 Å². The van der Waals surface area contributed by atoms with Crippen LogP contribution in [0.25, 0.3) is 0 Å². The molecule has 0 bridgehead atoms. The van der Waals surface area contributed by atoms with Crippen LogP contribution in [0.5, 0.6) is 17.2 Å². The number of ketones is 1. The highest BCUT2D eigenvalue weighted by Gasteiger charge is 2.42. The Labute approximate surface area is 212 Å². The van der Waals surface area contributed by atoms with Crippen LogP contribution in [0.2, 0.25) is 0 Å². The van der Waals surface area contributed by atoms with Crippen LogP contribution in [-0.4, -0.2) is 39.2 Å². The molecule has 2 aromatic rings. The third kappa shape index (κ3) is 4.70. The van der Waals surface area contributed by atoms with Crippen molar-refractivity contribution in [1.29, 1.82) is 0 Å². The number of dihydropyridines is 1. The number of carbonyl (C=O) groups excluding carboxylic acids is 2. The SMILES string of the molecule is CCOC(=O)C1=C(C)NC2=C(C(=O)C[C@H](c3ccc(OC)c(OC)c3)C2)[C@@H]1c1ccccc1OCC. The van der Waals surface area contributed by atoms with Gasteiger partial charge in [-0.2, -0.15) is 0 Å². The molecule has 1 aliphatic carbocycles. The van der Waals surface area contributed by atoms with Crippen LogP contribution < -0.4 is 19.5 Å². The van der Waals surface area contributed by atoms with E-state index in [1.165, 1.54) is 0 Å². The molecule has 36 heavy (non-hydrogen) atoms. The van der Waals surface area contributed by atoms with Crippen molar-refractivity contribution in [2.24, 2.45) is 0 Å². The van der Waals surface area contributed by atoms with Gasteiger partial charge in [-0.15, -0.1) is 0 Å². The molecule has 2 atom stereocenters. The molecule has 0 saturated heterocycles. The number of para-hydroxylation sites is 1. The van der Waals surface area contributed by atoms with Gasteiger partial charge in [0.05, 0.1) is 38.9 Å². The van der Waals surface area contributed by atoms with Crippen molar-refractivity contribution < 1.29 is 28.5 Å². The number of rotatable bonds is 8. The van der Waals surface area contributed by atoms with Gasteiger partial charge in [0.15, 0.2) is 17.3 Å². The van der Waals surface area contributed by atoms with Gasteiger partial charge in [-0.1, -0.05) is 24.3 Å². The molecule has 0 fully saturated rings. The van der Waals surface area contributed by atoms with Crippen LogP contribution >= 0.6 is 0 Å². The van der Waals surface area contributed by atoms with Crippen molar-refractivity contribution in [3.05, 3.63) is 76.1 Å². The maximum absolute atomic E-state index is 13.8. The van der Waals surface area contributed by atoms with Crippen molar-refractivity contribution >= 4 is 11.8 Å². The van der Waals surface area contributed by atoms with Gasteiger partial charge in [0.2, 0.25) is 0 Å². The summed E-state index contributed by atoms with van der Waals surface area (Å²) in [7, 11) is 3.20. The highest BCUT2D eigenvalue weighted by Crippen LogP contribution is 2.48. The molecule has 7 heteroatoms. The van der Waals surface area contributed by atoms with Gasteiger partial charge >= 0.3 is 5.97 Å². The number of hydrogen-bond donors (Lipinski definition) is 1. The fourth-order valence-corrected chi connectivity index (χ4v) is 5.18. The topological polar surface area (TPSA) is 83.1 Å². The monoisotopic (exact) mass is 491 g/mol. The number of carbonyl (C=O) groups is 2. The normalized spacial score (nSPS) is 19.4. The summed E-state index contributed by atoms with van der Waals surface area (Å²) in [5.74, 6) is 0.884. The van der Waals surface area contributed by atoms with Crippen molar-refractivity contribution in [1.82, 2.24) is 5.32 Å². The Balaban J connectivity index is 1.81. The van der Waals surface area contributed by atoms with E-state index in [0.717, 1.165) is 16.8 Å². The molecular formula is C29H33NO6. The van der Waals surface area contributed by atoms with Gasteiger partial charge in [-0.05, 0) is 56.9 Å². The predicted molar refractivity (Wildman–Crippen MR) is 136 cm³/mol. The average molecular weight is 492 g/mol. The number of Topliss-reactive ketones (excluding diaryl/α,β-unsaturated/α-hetero) is 1. The Morgan fingerprint density at radius 3 is 2.42 bits per heavy atom. The van der Waals surface area contributed by atoms with Gasteiger partial charge < -0.3 is 24.3 Å². The third-order valence-corrected chi connectivity index (χ3v) is 6.73. The van der Waals surface area contributed by atoms with Crippen molar-refractivity contribution in [3.8, 4) is 17.2 Å². The van der Waals surface area contributed by atoms with E-state index in [9.17, 15) is 9.59 Å². The number of ether oxygens (including phenoxy) is 4. The second kappa shape index (κ2) is 10.9. The lowest BCUT2D eigenvalue weighted by molar-refractivity contribution is -0.138. The Morgan fingerprint density at radius 1 is 0.972 bits per heavy atom. The summed E-state index contributed by atoms with van der Waals surface area (Å²) >= 11 is 0. The third-order valence-electron chi connectivity index (χ3n) is 6.73. The first-order chi connectivity index (χ1) is 17.4. The zero-order valence-corrected chi connectivity index (χ0v) is 21.5. The Bertz CT molecular complexity index is 1230. The molecule has 2 aliphatic rings. The number of methoxy groups -OCH3 is 2. The lowest BCUT2D eigenvalue weighted by Crippen LogP contribution is -2.36. The first kappa shape index (κ1) is 25.4. The summed E-state index contributed by atoms with van der Waals surface area (Å²) in [5, 5.41) is 3.38. The maximum atomic E-state index is 13.8. The van der Waals surface area contributed by atoms with Gasteiger partial charge in [0.25, 0.3) is 0 Å². The van der Waals surface area contributed by atoms with Crippen LogP contribution in [-0.2, 0) is 14.3 Å². The first-order valence-corrected chi connectivity index (χ1v) is 12.3. The lowest BCUT2D eigenvalue weighted by Gasteiger charge is -2.37. The van der Waals surface area contributed by atoms with E-state index in [1.807, 2.05) is 56.3 Å². The van der Waals surface area contributed by atoms with Gasteiger partial charge in [-0.25, -0.2) is 4.79 Å². The summed E-state index contributed by atoms with van der Waals surface area (Å²) in [4.78, 5) is 26.9. The van der Waals surface area contributed by atoms with E-state index < -0.39 is 11.9 Å². The van der Waals surface area contributed by atoms with Crippen molar-refractivity contribution in [3.63, 3.8) is 0 Å². The second-order valence-electron chi connectivity index (χ2n) is 8.82. The lowest BCUT2D eigenvalue weighted by atomic mass is 9.71. The number of nitrogens with one attached hydrogen (secondary N) is 1. The first-order valence-electron chi connectivity index (χ1n) is 12.3. The number of benzene rings is 2. The minimum absolute atomic E-state index is 0.00543. The number of esters is 1. The Hall–Kier alpha value is -3.74. The molecule has 0 amide bonds. The zero-order chi connectivity index (χ0) is 25.8. The van der Waals surface area contributed by atoms with E-state index in [0.29, 0.717) is 53.5 Å². The minimum Gasteiger partial charge on any atom is -0.494 e. The molecule has 0 aromatic heterocycles. The molecule has 4 rings (SSSR count). The van der Waals surface area contributed by atoms with E-state index >= 15 is 0 Å². The van der Waals surface area contributed by atoms with Crippen LogP contribution in [0.3, 0.4) is 0 Å². The molecule has 1 heterocycles. The van der Waals surface area contributed by atoms with Gasteiger partial charge in [0.1, 0.15) is 5.75 Å².